The maximum Gasteiger partial charge on any atom is 0.513 e. The first-order valence-corrected chi connectivity index (χ1v) is 14.5. The molecule has 0 saturated carbocycles. The Morgan fingerprint density at radius 2 is 1.31 bits per heavy atom. The van der Waals surface area contributed by atoms with Crippen molar-refractivity contribution in [2.45, 2.75) is 98.6 Å². The Bertz CT molecular complexity index is 1020. The molecular weight excluding hydrogens is 546 g/mol. The van der Waals surface area contributed by atoms with Gasteiger partial charge >= 0.3 is 24.2 Å². The monoisotopic (exact) mass is 595 g/mol. The highest BCUT2D eigenvalue weighted by Crippen LogP contribution is 2.32. The van der Waals surface area contributed by atoms with Crippen molar-refractivity contribution in [3.05, 3.63) is 23.8 Å². The van der Waals surface area contributed by atoms with E-state index in [1.54, 1.807) is 13.0 Å². The van der Waals surface area contributed by atoms with Crippen LogP contribution in [0.5, 0.6) is 11.5 Å². The fraction of sp³-hybridized carbons (Fsp3) is 0.677. The molecule has 1 rings (SSSR count). The van der Waals surface area contributed by atoms with Crippen LogP contribution in [-0.2, 0) is 35.0 Å². The summed E-state index contributed by atoms with van der Waals surface area (Å²) in [5.74, 6) is -0.309. The molecule has 1 unspecified atom stereocenters. The fourth-order valence-electron chi connectivity index (χ4n) is 3.86. The van der Waals surface area contributed by atoms with Gasteiger partial charge in [-0.25, -0.2) is 9.59 Å². The number of carbonyl (C=O) groups is 4. The molecule has 0 aromatic heterocycles. The summed E-state index contributed by atoms with van der Waals surface area (Å²) in [4.78, 5) is 49.7. The van der Waals surface area contributed by atoms with E-state index < -0.39 is 29.9 Å². The molecular formula is C31H49NO10. The van der Waals surface area contributed by atoms with Crippen molar-refractivity contribution in [3.63, 3.8) is 0 Å². The zero-order valence-electron chi connectivity index (χ0n) is 26.4. The molecule has 0 spiro atoms. The minimum absolute atomic E-state index is 0.0268. The van der Waals surface area contributed by atoms with Crippen LogP contribution in [0.2, 0.25) is 0 Å². The summed E-state index contributed by atoms with van der Waals surface area (Å²) in [5.41, 5.74) is 5.40. The molecule has 0 aliphatic heterocycles. The van der Waals surface area contributed by atoms with E-state index in [1.165, 1.54) is 19.2 Å². The summed E-state index contributed by atoms with van der Waals surface area (Å²) in [5, 5.41) is 0. The summed E-state index contributed by atoms with van der Waals surface area (Å²) < 4.78 is 31.4. The number of methoxy groups -OCH3 is 1. The van der Waals surface area contributed by atoms with E-state index >= 15 is 0 Å². The van der Waals surface area contributed by atoms with Gasteiger partial charge < -0.3 is 34.2 Å². The second kappa shape index (κ2) is 18.3. The number of benzene rings is 1. The minimum atomic E-state index is -1.58. The Labute approximate surface area is 249 Å². The van der Waals surface area contributed by atoms with Crippen LogP contribution in [0.4, 0.5) is 9.59 Å². The van der Waals surface area contributed by atoms with Crippen molar-refractivity contribution < 1.29 is 47.6 Å². The highest BCUT2D eigenvalue weighted by Gasteiger charge is 2.38. The molecule has 11 nitrogen and oxygen atoms in total. The van der Waals surface area contributed by atoms with Gasteiger partial charge in [-0.05, 0) is 61.6 Å². The highest BCUT2D eigenvalue weighted by molar-refractivity contribution is 5.81. The number of hydrogen-bond donors (Lipinski definition) is 1. The standard InChI is InChI=1S/C31H49NO10/c1-20(2)9-12-27(33)40-23(7)18-31(32,28(34)37-8)19-24-10-11-25(41-29(35)38-15-13-21(3)4)26(17-24)42-30(36)39-16-14-22(5)6/h10-11,17,20-23H,9,12-16,18-19,32H2,1-8H3/t23-,31?/m0/s1. The molecule has 11 heteroatoms. The van der Waals surface area contributed by atoms with Crippen LogP contribution in [0.25, 0.3) is 0 Å². The van der Waals surface area contributed by atoms with Crippen LogP contribution in [0.3, 0.4) is 0 Å². The second-order valence-corrected chi connectivity index (χ2v) is 11.8. The lowest BCUT2D eigenvalue weighted by Gasteiger charge is -2.29. The average molecular weight is 596 g/mol. The number of rotatable bonds is 17. The first kappa shape index (κ1) is 36.7. The van der Waals surface area contributed by atoms with Gasteiger partial charge in [-0.3, -0.25) is 9.59 Å². The number of nitrogens with two attached hydrogens (primary N) is 1. The molecule has 1 aromatic rings. The van der Waals surface area contributed by atoms with Crippen LogP contribution in [-0.4, -0.2) is 56.2 Å². The molecule has 42 heavy (non-hydrogen) atoms. The maximum atomic E-state index is 12.8. The molecule has 0 amide bonds. The summed E-state index contributed by atoms with van der Waals surface area (Å²) >= 11 is 0. The van der Waals surface area contributed by atoms with Crippen molar-refractivity contribution in [1.82, 2.24) is 0 Å². The van der Waals surface area contributed by atoms with Crippen LogP contribution < -0.4 is 15.2 Å². The lowest BCUT2D eigenvalue weighted by molar-refractivity contribution is -0.155. The quantitative estimate of drug-likeness (QED) is 0.129. The minimum Gasteiger partial charge on any atom is -0.468 e. The molecule has 1 aromatic carbocycles. The summed E-state index contributed by atoms with van der Waals surface area (Å²) in [7, 11) is 1.22. The van der Waals surface area contributed by atoms with Crippen LogP contribution >= 0.6 is 0 Å². The van der Waals surface area contributed by atoms with E-state index in [-0.39, 0.29) is 49.9 Å². The van der Waals surface area contributed by atoms with E-state index in [0.29, 0.717) is 42.6 Å². The molecule has 2 N–H and O–H groups in total. The zero-order valence-corrected chi connectivity index (χ0v) is 26.4. The van der Waals surface area contributed by atoms with E-state index in [0.717, 1.165) is 0 Å². The van der Waals surface area contributed by atoms with Gasteiger partial charge in [0.25, 0.3) is 0 Å². The summed E-state index contributed by atoms with van der Waals surface area (Å²) in [6.45, 7) is 13.9. The molecule has 0 radical (unpaired) electrons. The maximum absolute atomic E-state index is 12.8. The number of esters is 2. The van der Waals surface area contributed by atoms with Gasteiger partial charge in [-0.2, -0.15) is 0 Å². The van der Waals surface area contributed by atoms with Gasteiger partial charge in [0.15, 0.2) is 11.5 Å². The molecule has 0 saturated heterocycles. The SMILES string of the molecule is COC(=O)C(N)(Cc1ccc(OC(=O)OCCC(C)C)c(OC(=O)OCCC(C)C)c1)C[C@H](C)OC(=O)CCC(C)C. The third-order valence-electron chi connectivity index (χ3n) is 6.25. The number of hydrogen-bond acceptors (Lipinski definition) is 11. The molecule has 0 bridgehead atoms. The van der Waals surface area contributed by atoms with Gasteiger partial charge in [0, 0.05) is 19.3 Å². The Balaban J connectivity index is 3.16. The summed E-state index contributed by atoms with van der Waals surface area (Å²) in [6, 6.07) is 4.39. The smallest absolute Gasteiger partial charge is 0.468 e. The lowest BCUT2D eigenvalue weighted by atomic mass is 9.86. The largest absolute Gasteiger partial charge is 0.513 e. The first-order valence-electron chi connectivity index (χ1n) is 14.5. The first-order chi connectivity index (χ1) is 19.6. The third-order valence-corrected chi connectivity index (χ3v) is 6.25. The Kier molecular flexibility index (Phi) is 15.9. The van der Waals surface area contributed by atoms with E-state index in [9.17, 15) is 19.2 Å². The topological polar surface area (TPSA) is 150 Å². The number of carbonyl (C=O) groups excluding carboxylic acids is 4. The molecule has 0 aliphatic rings. The van der Waals surface area contributed by atoms with Gasteiger partial charge in [-0.15, -0.1) is 0 Å². The van der Waals surface area contributed by atoms with Crippen molar-refractivity contribution in [2.24, 2.45) is 23.5 Å². The zero-order chi connectivity index (χ0) is 31.9. The predicted molar refractivity (Wildman–Crippen MR) is 156 cm³/mol. The van der Waals surface area contributed by atoms with Crippen molar-refractivity contribution >= 4 is 24.2 Å². The summed E-state index contributed by atoms with van der Waals surface area (Å²) in [6.07, 6.45) is -0.494. The Morgan fingerprint density at radius 3 is 1.81 bits per heavy atom. The molecule has 0 heterocycles. The van der Waals surface area contributed by atoms with E-state index in [1.807, 2.05) is 41.5 Å². The van der Waals surface area contributed by atoms with Gasteiger partial charge in [0.1, 0.15) is 11.6 Å². The molecule has 2 atom stereocenters. The third kappa shape index (κ3) is 14.5. The predicted octanol–water partition coefficient (Wildman–Crippen LogP) is 5.98. The van der Waals surface area contributed by atoms with Gasteiger partial charge in [0.05, 0.1) is 20.3 Å². The van der Waals surface area contributed by atoms with Gasteiger partial charge in [0.2, 0.25) is 0 Å². The van der Waals surface area contributed by atoms with Crippen LogP contribution in [0.1, 0.15) is 86.1 Å². The van der Waals surface area contributed by atoms with Crippen molar-refractivity contribution in [3.8, 4) is 11.5 Å². The Morgan fingerprint density at radius 1 is 0.786 bits per heavy atom. The van der Waals surface area contributed by atoms with Crippen molar-refractivity contribution in [1.29, 1.82) is 0 Å². The van der Waals surface area contributed by atoms with Gasteiger partial charge in [-0.1, -0.05) is 47.6 Å². The van der Waals surface area contributed by atoms with Crippen LogP contribution in [0.15, 0.2) is 18.2 Å². The molecule has 238 valence electrons. The normalized spacial score (nSPS) is 13.3. The molecule has 0 fully saturated rings. The van der Waals surface area contributed by atoms with Crippen molar-refractivity contribution in [2.75, 3.05) is 20.3 Å². The molecule has 0 aliphatic carbocycles. The fourth-order valence-corrected chi connectivity index (χ4v) is 3.86. The van der Waals surface area contributed by atoms with E-state index in [2.05, 4.69) is 0 Å². The highest BCUT2D eigenvalue weighted by atomic mass is 16.7. The average Bonchev–Trinajstić information content (AvgIpc) is 2.87. The Hall–Kier alpha value is -3.34. The lowest BCUT2D eigenvalue weighted by Crippen LogP contribution is -2.53. The number of ether oxygens (including phenoxy) is 6. The van der Waals surface area contributed by atoms with Crippen LogP contribution in [0, 0.1) is 17.8 Å². The second-order valence-electron chi connectivity index (χ2n) is 11.8. The van der Waals surface area contributed by atoms with E-state index in [4.69, 9.17) is 34.2 Å².